The highest BCUT2D eigenvalue weighted by Gasteiger charge is 2.33. The third-order valence-electron chi connectivity index (χ3n) is 4.35. The highest BCUT2D eigenvalue weighted by Crippen LogP contribution is 2.22. The van der Waals surface area contributed by atoms with E-state index in [4.69, 9.17) is 0 Å². The van der Waals surface area contributed by atoms with Crippen molar-refractivity contribution in [2.24, 2.45) is 5.92 Å². The van der Waals surface area contributed by atoms with Crippen molar-refractivity contribution in [3.8, 4) is 0 Å². The molecule has 0 saturated carbocycles. The topological polar surface area (TPSA) is 52.7 Å². The molecule has 0 radical (unpaired) electrons. The summed E-state index contributed by atoms with van der Waals surface area (Å²) < 4.78 is 28.5. The van der Waals surface area contributed by atoms with E-state index >= 15 is 0 Å². The van der Waals surface area contributed by atoms with Crippen LogP contribution < -0.4 is 5.32 Å². The molecule has 0 spiro atoms. The van der Waals surface area contributed by atoms with Crippen molar-refractivity contribution in [2.45, 2.75) is 45.1 Å². The van der Waals surface area contributed by atoms with Crippen molar-refractivity contribution in [2.75, 3.05) is 33.2 Å². The molecule has 0 amide bonds. The zero-order valence-electron chi connectivity index (χ0n) is 12.1. The maximum atomic E-state index is 12.6. The van der Waals surface area contributed by atoms with Crippen molar-refractivity contribution in [3.63, 3.8) is 0 Å². The number of piperidine rings is 2. The lowest BCUT2D eigenvalue weighted by Gasteiger charge is -2.36. The fourth-order valence-corrected chi connectivity index (χ4v) is 4.81. The van der Waals surface area contributed by atoms with Crippen molar-refractivity contribution >= 4 is 10.2 Å². The highest BCUT2D eigenvalue weighted by molar-refractivity contribution is 7.86. The van der Waals surface area contributed by atoms with Gasteiger partial charge in [-0.3, -0.25) is 0 Å². The lowest BCUT2D eigenvalue weighted by atomic mass is 10.00. The first kappa shape index (κ1) is 15.2. The van der Waals surface area contributed by atoms with Gasteiger partial charge in [0.1, 0.15) is 0 Å². The van der Waals surface area contributed by atoms with Crippen LogP contribution in [0.3, 0.4) is 0 Å². The molecule has 0 aromatic heterocycles. The molecule has 2 rings (SSSR count). The van der Waals surface area contributed by atoms with Crippen molar-refractivity contribution in [3.05, 3.63) is 0 Å². The molecule has 1 N–H and O–H groups in total. The van der Waals surface area contributed by atoms with Crippen LogP contribution in [0.2, 0.25) is 0 Å². The smallest absolute Gasteiger partial charge is 0.281 e. The van der Waals surface area contributed by atoms with E-state index in [0.717, 1.165) is 45.2 Å². The maximum Gasteiger partial charge on any atom is 0.281 e. The molecule has 6 heteroatoms. The lowest BCUT2D eigenvalue weighted by molar-refractivity contribution is 0.239. The fourth-order valence-electron chi connectivity index (χ4n) is 3.13. The Morgan fingerprint density at radius 2 is 2.05 bits per heavy atom. The van der Waals surface area contributed by atoms with Crippen LogP contribution in [0.1, 0.15) is 39.0 Å². The van der Waals surface area contributed by atoms with E-state index in [1.807, 2.05) is 6.92 Å². The van der Waals surface area contributed by atoms with E-state index in [2.05, 4.69) is 5.32 Å². The molecule has 2 aliphatic heterocycles. The Morgan fingerprint density at radius 3 is 2.68 bits per heavy atom. The highest BCUT2D eigenvalue weighted by atomic mass is 32.2. The standard InChI is InChI=1S/C13H27N3O2S/c1-12-6-3-4-9-16(12)19(17,18)15(2)11-13-7-5-8-14-10-13/h12-14H,3-11H2,1-2H3. The molecule has 0 aromatic carbocycles. The monoisotopic (exact) mass is 289 g/mol. The Bertz CT molecular complexity index is 379. The molecule has 0 aromatic rings. The first-order valence-corrected chi connectivity index (χ1v) is 8.85. The minimum atomic E-state index is -3.27. The summed E-state index contributed by atoms with van der Waals surface area (Å²) in [6.07, 6.45) is 5.39. The Labute approximate surface area is 117 Å². The SMILES string of the molecule is CC1CCCCN1S(=O)(=O)N(C)CC1CCCNC1. The summed E-state index contributed by atoms with van der Waals surface area (Å²) in [7, 11) is -1.54. The van der Waals surface area contributed by atoms with Gasteiger partial charge >= 0.3 is 0 Å². The maximum absolute atomic E-state index is 12.6. The van der Waals surface area contributed by atoms with Gasteiger partial charge in [-0.15, -0.1) is 0 Å². The summed E-state index contributed by atoms with van der Waals surface area (Å²) in [5, 5.41) is 3.34. The van der Waals surface area contributed by atoms with E-state index in [0.29, 0.717) is 19.0 Å². The molecule has 0 aliphatic carbocycles. The normalized spacial score (nSPS) is 30.7. The van der Waals surface area contributed by atoms with Crippen LogP contribution in [0, 0.1) is 5.92 Å². The second-order valence-corrected chi connectivity index (χ2v) is 7.94. The first-order valence-electron chi connectivity index (χ1n) is 7.45. The molecule has 19 heavy (non-hydrogen) atoms. The van der Waals surface area contributed by atoms with Gasteiger partial charge in [-0.2, -0.15) is 17.0 Å². The van der Waals surface area contributed by atoms with Gasteiger partial charge in [-0.25, -0.2) is 0 Å². The summed E-state index contributed by atoms with van der Waals surface area (Å²) in [5.74, 6) is 0.452. The molecule has 2 fully saturated rings. The Hall–Kier alpha value is -0.170. The molecule has 2 unspecified atom stereocenters. The summed E-state index contributed by atoms with van der Waals surface area (Å²) in [6, 6.07) is 0.144. The number of rotatable bonds is 4. The van der Waals surface area contributed by atoms with Crippen molar-refractivity contribution < 1.29 is 8.42 Å². The predicted molar refractivity (Wildman–Crippen MR) is 77.2 cm³/mol. The third-order valence-corrected chi connectivity index (χ3v) is 6.42. The Kier molecular flexibility index (Phi) is 5.22. The number of hydrogen-bond donors (Lipinski definition) is 1. The summed E-state index contributed by atoms with van der Waals surface area (Å²) >= 11 is 0. The second-order valence-electron chi connectivity index (χ2n) is 5.96. The van der Waals surface area contributed by atoms with Crippen LogP contribution >= 0.6 is 0 Å². The van der Waals surface area contributed by atoms with Crippen LogP contribution in [0.5, 0.6) is 0 Å². The van der Waals surface area contributed by atoms with Crippen molar-refractivity contribution in [1.29, 1.82) is 0 Å². The molecule has 2 heterocycles. The molecule has 2 atom stereocenters. The largest absolute Gasteiger partial charge is 0.316 e. The van der Waals surface area contributed by atoms with Crippen molar-refractivity contribution in [1.82, 2.24) is 13.9 Å². The van der Waals surface area contributed by atoms with E-state index in [9.17, 15) is 8.42 Å². The summed E-state index contributed by atoms with van der Waals surface area (Å²) in [4.78, 5) is 0. The average molecular weight is 289 g/mol. The van der Waals surface area contributed by atoms with Gasteiger partial charge < -0.3 is 5.32 Å². The zero-order chi connectivity index (χ0) is 13.9. The van der Waals surface area contributed by atoms with E-state index in [1.165, 1.54) is 0 Å². The second kappa shape index (κ2) is 6.52. The van der Waals surface area contributed by atoms with Crippen LogP contribution in [0.15, 0.2) is 0 Å². The van der Waals surface area contributed by atoms with Crippen LogP contribution in [-0.2, 0) is 10.2 Å². The molecular weight excluding hydrogens is 262 g/mol. The van der Waals surface area contributed by atoms with Crippen LogP contribution in [0.4, 0.5) is 0 Å². The van der Waals surface area contributed by atoms with Gasteiger partial charge in [-0.05, 0) is 51.6 Å². The van der Waals surface area contributed by atoms with E-state index in [1.54, 1.807) is 15.7 Å². The summed E-state index contributed by atoms with van der Waals surface area (Å²) in [5.41, 5.74) is 0. The molecule has 112 valence electrons. The van der Waals surface area contributed by atoms with Gasteiger partial charge in [0, 0.05) is 26.2 Å². The van der Waals surface area contributed by atoms with E-state index in [-0.39, 0.29) is 6.04 Å². The minimum absolute atomic E-state index is 0.144. The summed E-state index contributed by atoms with van der Waals surface area (Å²) in [6.45, 7) is 5.34. The molecule has 0 bridgehead atoms. The number of nitrogens with zero attached hydrogens (tertiary/aromatic N) is 2. The lowest BCUT2D eigenvalue weighted by Crippen LogP contribution is -2.50. The third kappa shape index (κ3) is 3.68. The van der Waals surface area contributed by atoms with Gasteiger partial charge in [0.05, 0.1) is 0 Å². The fraction of sp³-hybridized carbons (Fsp3) is 1.00. The van der Waals surface area contributed by atoms with Gasteiger partial charge in [0.2, 0.25) is 0 Å². The predicted octanol–water partition coefficient (Wildman–Crippen LogP) is 1.04. The average Bonchev–Trinajstić information content (AvgIpc) is 2.40. The molecule has 2 saturated heterocycles. The molecular formula is C13H27N3O2S. The number of hydrogen-bond acceptors (Lipinski definition) is 3. The van der Waals surface area contributed by atoms with E-state index < -0.39 is 10.2 Å². The molecule has 5 nitrogen and oxygen atoms in total. The number of nitrogens with one attached hydrogen (secondary N) is 1. The van der Waals surface area contributed by atoms with Gasteiger partial charge in [0.25, 0.3) is 10.2 Å². The van der Waals surface area contributed by atoms with Gasteiger partial charge in [-0.1, -0.05) is 6.42 Å². The molecule has 2 aliphatic rings. The Morgan fingerprint density at radius 1 is 1.26 bits per heavy atom. The quantitative estimate of drug-likeness (QED) is 0.841. The van der Waals surface area contributed by atoms with Gasteiger partial charge in [0.15, 0.2) is 0 Å². The minimum Gasteiger partial charge on any atom is -0.316 e. The zero-order valence-corrected chi connectivity index (χ0v) is 13.0. The van der Waals surface area contributed by atoms with Crippen LogP contribution in [-0.4, -0.2) is 56.3 Å². The van der Waals surface area contributed by atoms with Crippen LogP contribution in [0.25, 0.3) is 0 Å². The Balaban J connectivity index is 1.97. The first-order chi connectivity index (χ1) is 9.01.